The highest BCUT2D eigenvalue weighted by molar-refractivity contribution is 6.64. The molecule has 0 aromatic heterocycles. The van der Waals surface area contributed by atoms with E-state index in [0.717, 1.165) is 12.8 Å². The fraction of sp³-hybridized carbons (Fsp3) is 0.889. The van der Waals surface area contributed by atoms with Crippen LogP contribution in [0.15, 0.2) is 0 Å². The second-order valence-corrected chi connectivity index (χ2v) is 4.88. The lowest BCUT2D eigenvalue weighted by atomic mass is 9.46. The summed E-state index contributed by atoms with van der Waals surface area (Å²) in [6.07, 6.45) is 6.09. The zero-order valence-corrected chi connectivity index (χ0v) is 7.58. The number of hydrogen-bond donors (Lipinski definition) is 0. The molecule has 0 atom stereocenters. The second-order valence-electron chi connectivity index (χ2n) is 4.54. The van der Waals surface area contributed by atoms with Crippen molar-refractivity contribution in [2.24, 2.45) is 10.8 Å². The third-order valence-corrected chi connectivity index (χ3v) is 3.88. The van der Waals surface area contributed by atoms with Crippen molar-refractivity contribution < 1.29 is 4.79 Å². The van der Waals surface area contributed by atoms with Gasteiger partial charge in [-0.05, 0) is 42.7 Å². The molecule has 0 heterocycles. The molecule has 0 saturated heterocycles. The molecule has 2 rings (SSSR count). The lowest BCUT2D eigenvalue weighted by Crippen LogP contribution is -2.51. The van der Waals surface area contributed by atoms with Gasteiger partial charge >= 0.3 is 0 Å². The zero-order chi connectivity index (χ0) is 8.11. The van der Waals surface area contributed by atoms with Crippen molar-refractivity contribution in [1.82, 2.24) is 0 Å². The lowest BCUT2D eigenvalue weighted by molar-refractivity contribution is -0.141. The van der Waals surface area contributed by atoms with Crippen molar-refractivity contribution in [3.05, 3.63) is 0 Å². The van der Waals surface area contributed by atoms with Crippen molar-refractivity contribution in [2.75, 3.05) is 0 Å². The molecule has 2 saturated carbocycles. The Kier molecular flexibility index (Phi) is 1.39. The number of hydrogen-bond acceptors (Lipinski definition) is 1. The van der Waals surface area contributed by atoms with Gasteiger partial charge in [0.1, 0.15) is 0 Å². The molecule has 0 bridgehead atoms. The van der Waals surface area contributed by atoms with E-state index in [-0.39, 0.29) is 10.7 Å². The molecule has 1 nitrogen and oxygen atoms in total. The molecule has 0 N–H and O–H groups in total. The average Bonchev–Trinajstić information content (AvgIpc) is 1.75. The highest BCUT2D eigenvalue weighted by Crippen LogP contribution is 2.64. The molecule has 0 unspecified atom stereocenters. The van der Waals surface area contributed by atoms with Crippen LogP contribution in [0.2, 0.25) is 0 Å². The normalized spacial score (nSPS) is 30.7. The highest BCUT2D eigenvalue weighted by Gasteiger charge is 2.57. The smallest absolute Gasteiger partial charge is 0.227 e. The van der Waals surface area contributed by atoms with Crippen LogP contribution in [0.25, 0.3) is 0 Å². The van der Waals surface area contributed by atoms with Crippen LogP contribution < -0.4 is 0 Å². The minimum Gasteiger partial charge on any atom is -0.281 e. The first-order chi connectivity index (χ1) is 5.06. The minimum atomic E-state index is -0.165. The van der Waals surface area contributed by atoms with E-state index in [1.807, 2.05) is 6.92 Å². The molecule has 0 aromatic carbocycles. The molecule has 0 aromatic rings. The van der Waals surface area contributed by atoms with Crippen LogP contribution in [-0.2, 0) is 4.79 Å². The van der Waals surface area contributed by atoms with Crippen LogP contribution in [-0.4, -0.2) is 5.24 Å². The van der Waals surface area contributed by atoms with Gasteiger partial charge in [-0.2, -0.15) is 0 Å². The summed E-state index contributed by atoms with van der Waals surface area (Å²) in [5, 5.41) is -0.130. The number of halogens is 1. The maximum atomic E-state index is 10.9. The summed E-state index contributed by atoms with van der Waals surface area (Å²) in [5.74, 6) is 0. The Morgan fingerprint density at radius 1 is 1.36 bits per heavy atom. The van der Waals surface area contributed by atoms with Gasteiger partial charge in [-0.25, -0.2) is 0 Å². The molecule has 11 heavy (non-hydrogen) atoms. The van der Waals surface area contributed by atoms with Gasteiger partial charge in [-0.1, -0.05) is 13.3 Å². The van der Waals surface area contributed by atoms with Gasteiger partial charge in [0.05, 0.1) is 0 Å². The summed E-state index contributed by atoms with van der Waals surface area (Å²) < 4.78 is 0. The van der Waals surface area contributed by atoms with Crippen molar-refractivity contribution in [3.63, 3.8) is 0 Å². The third-order valence-electron chi connectivity index (χ3n) is 3.42. The Morgan fingerprint density at radius 2 is 1.91 bits per heavy atom. The second kappa shape index (κ2) is 2.01. The number of carbonyl (C=O) groups excluding carboxylic acids is 1. The van der Waals surface area contributed by atoms with E-state index < -0.39 is 0 Å². The van der Waals surface area contributed by atoms with Crippen LogP contribution in [0.4, 0.5) is 0 Å². The van der Waals surface area contributed by atoms with Crippen molar-refractivity contribution in [3.8, 4) is 0 Å². The molecule has 2 heteroatoms. The molecule has 2 aliphatic carbocycles. The summed E-state index contributed by atoms with van der Waals surface area (Å²) in [6, 6.07) is 0. The van der Waals surface area contributed by atoms with Crippen LogP contribution in [0.1, 0.15) is 39.0 Å². The first kappa shape index (κ1) is 7.60. The quantitative estimate of drug-likeness (QED) is 0.556. The zero-order valence-electron chi connectivity index (χ0n) is 6.82. The van der Waals surface area contributed by atoms with Crippen LogP contribution >= 0.6 is 11.6 Å². The van der Waals surface area contributed by atoms with E-state index in [1.165, 1.54) is 19.3 Å². The van der Waals surface area contributed by atoms with E-state index in [2.05, 4.69) is 0 Å². The predicted molar refractivity (Wildman–Crippen MR) is 44.5 cm³/mol. The van der Waals surface area contributed by atoms with E-state index in [4.69, 9.17) is 11.6 Å². The van der Waals surface area contributed by atoms with E-state index in [9.17, 15) is 4.79 Å². The Bertz CT molecular complexity index is 198. The molecule has 1 spiro atoms. The third kappa shape index (κ3) is 0.936. The average molecular weight is 173 g/mol. The molecule has 2 fully saturated rings. The van der Waals surface area contributed by atoms with Gasteiger partial charge in [0.15, 0.2) is 0 Å². The Labute approximate surface area is 72.1 Å². The maximum Gasteiger partial charge on any atom is 0.227 e. The van der Waals surface area contributed by atoms with E-state index in [1.54, 1.807) is 0 Å². The van der Waals surface area contributed by atoms with Crippen LogP contribution in [0.5, 0.6) is 0 Å². The lowest BCUT2D eigenvalue weighted by Gasteiger charge is -2.58. The SMILES string of the molecule is CC1(C(=O)Cl)CC2(CCC2)C1. The van der Waals surface area contributed by atoms with Gasteiger partial charge in [-0.3, -0.25) is 4.79 Å². The Hall–Kier alpha value is -0.0400. The van der Waals surface area contributed by atoms with Gasteiger partial charge in [0, 0.05) is 5.41 Å². The van der Waals surface area contributed by atoms with Crippen molar-refractivity contribution in [1.29, 1.82) is 0 Å². The fourth-order valence-electron chi connectivity index (χ4n) is 2.77. The van der Waals surface area contributed by atoms with Crippen molar-refractivity contribution >= 4 is 16.8 Å². The largest absolute Gasteiger partial charge is 0.281 e. The van der Waals surface area contributed by atoms with Gasteiger partial charge < -0.3 is 0 Å². The summed E-state index contributed by atoms with van der Waals surface area (Å²) >= 11 is 5.49. The molecule has 62 valence electrons. The van der Waals surface area contributed by atoms with Gasteiger partial charge in [0.2, 0.25) is 5.24 Å². The van der Waals surface area contributed by atoms with Crippen molar-refractivity contribution in [2.45, 2.75) is 39.0 Å². The molecule has 2 aliphatic rings. The summed E-state index contributed by atoms with van der Waals surface area (Å²) in [5.41, 5.74) is 0.390. The molecular weight excluding hydrogens is 160 g/mol. The predicted octanol–water partition coefficient (Wildman–Crippen LogP) is 2.72. The van der Waals surface area contributed by atoms with E-state index >= 15 is 0 Å². The van der Waals surface area contributed by atoms with Gasteiger partial charge in [-0.15, -0.1) is 0 Å². The summed E-state index contributed by atoms with van der Waals surface area (Å²) in [7, 11) is 0. The maximum absolute atomic E-state index is 10.9. The monoisotopic (exact) mass is 172 g/mol. The number of carbonyl (C=O) groups is 1. The fourth-order valence-corrected chi connectivity index (χ4v) is 2.91. The van der Waals surface area contributed by atoms with E-state index in [0.29, 0.717) is 5.41 Å². The summed E-state index contributed by atoms with van der Waals surface area (Å²) in [6.45, 7) is 1.99. The molecular formula is C9H13ClO. The highest BCUT2D eigenvalue weighted by atomic mass is 35.5. The Morgan fingerprint density at radius 3 is 2.18 bits per heavy atom. The topological polar surface area (TPSA) is 17.1 Å². The van der Waals surface area contributed by atoms with Crippen LogP contribution in [0, 0.1) is 10.8 Å². The standard InChI is InChI=1S/C9H13ClO/c1-8(7(10)11)5-9(6-8)3-2-4-9/h2-6H2,1H3. The molecule has 0 amide bonds. The van der Waals surface area contributed by atoms with Crippen LogP contribution in [0.3, 0.4) is 0 Å². The molecule has 0 radical (unpaired) electrons. The minimum absolute atomic E-state index is 0.130. The first-order valence-corrected chi connectivity index (χ1v) is 4.64. The summed E-state index contributed by atoms with van der Waals surface area (Å²) in [4.78, 5) is 10.9. The number of rotatable bonds is 1. The van der Waals surface area contributed by atoms with Gasteiger partial charge in [0.25, 0.3) is 0 Å². The first-order valence-electron chi connectivity index (χ1n) is 4.26. The molecule has 0 aliphatic heterocycles. The Balaban J connectivity index is 2.00.